The summed E-state index contributed by atoms with van der Waals surface area (Å²) in [6.07, 6.45) is 8.33. The highest BCUT2D eigenvalue weighted by atomic mass is 16.1. The molecule has 92 valence electrons. The Bertz CT molecular complexity index is 455. The quantitative estimate of drug-likeness (QED) is 0.803. The molecule has 3 heteroatoms. The van der Waals surface area contributed by atoms with E-state index >= 15 is 0 Å². The van der Waals surface area contributed by atoms with Gasteiger partial charge in [0.1, 0.15) is 0 Å². The van der Waals surface area contributed by atoms with Crippen LogP contribution in [-0.2, 0) is 17.8 Å². The number of nitrogens with zero attached hydrogens (tertiary/aromatic N) is 2. The van der Waals surface area contributed by atoms with Crippen LogP contribution in [0.2, 0.25) is 0 Å². The molecule has 0 fully saturated rings. The molecule has 1 aliphatic rings. The Morgan fingerprint density at radius 3 is 2.76 bits per heavy atom. The van der Waals surface area contributed by atoms with Crippen LogP contribution in [0.15, 0.2) is 24.0 Å². The zero-order valence-corrected chi connectivity index (χ0v) is 10.9. The maximum Gasteiger partial charge on any atom is 0.156 e. The second-order valence-electron chi connectivity index (χ2n) is 5.67. The normalized spacial score (nSPS) is 19.2. The molecule has 2 rings (SSSR count). The number of hydrogen-bond acceptors (Lipinski definition) is 2. The number of aryl methyl sites for hydroxylation is 1. The van der Waals surface area contributed by atoms with Gasteiger partial charge in [-0.05, 0) is 36.8 Å². The topological polar surface area (TPSA) is 34.9 Å². The van der Waals surface area contributed by atoms with Crippen LogP contribution in [0.5, 0.6) is 0 Å². The van der Waals surface area contributed by atoms with E-state index in [1.807, 2.05) is 17.0 Å². The van der Waals surface area contributed by atoms with Crippen LogP contribution < -0.4 is 0 Å². The molecule has 0 radical (unpaired) electrons. The van der Waals surface area contributed by atoms with Gasteiger partial charge >= 0.3 is 0 Å². The van der Waals surface area contributed by atoms with Crippen molar-refractivity contribution in [2.45, 2.75) is 46.6 Å². The number of rotatable bonds is 3. The molecular weight excluding hydrogens is 212 g/mol. The van der Waals surface area contributed by atoms with Crippen molar-refractivity contribution in [2.75, 3.05) is 0 Å². The Morgan fingerprint density at radius 1 is 1.41 bits per heavy atom. The molecule has 1 aliphatic carbocycles. The number of carbonyl (C=O) groups excluding carboxylic acids is 1. The third-order valence-electron chi connectivity index (χ3n) is 3.17. The first-order valence-corrected chi connectivity index (χ1v) is 6.22. The first-order valence-electron chi connectivity index (χ1n) is 6.22. The molecule has 1 aromatic heterocycles. The van der Waals surface area contributed by atoms with Gasteiger partial charge in [-0.3, -0.25) is 9.48 Å². The van der Waals surface area contributed by atoms with Crippen molar-refractivity contribution < 1.29 is 4.79 Å². The van der Waals surface area contributed by atoms with Gasteiger partial charge in [0, 0.05) is 19.2 Å². The lowest BCUT2D eigenvalue weighted by molar-refractivity contribution is -0.117. The summed E-state index contributed by atoms with van der Waals surface area (Å²) < 4.78 is 1.92. The Morgan fingerprint density at radius 2 is 2.18 bits per heavy atom. The minimum absolute atomic E-state index is 0.113. The summed E-state index contributed by atoms with van der Waals surface area (Å²) in [5, 5.41) is 4.26. The fourth-order valence-electron chi connectivity index (χ4n) is 2.52. The average Bonchev–Trinajstić information content (AvgIpc) is 2.62. The summed E-state index contributed by atoms with van der Waals surface area (Å²) in [5.74, 6) is 0.263. The molecule has 0 saturated heterocycles. The van der Waals surface area contributed by atoms with Crippen molar-refractivity contribution in [3.05, 3.63) is 29.6 Å². The van der Waals surface area contributed by atoms with Gasteiger partial charge < -0.3 is 0 Å². The van der Waals surface area contributed by atoms with Crippen LogP contribution in [0.3, 0.4) is 0 Å². The predicted octanol–water partition coefficient (Wildman–Crippen LogP) is 2.76. The van der Waals surface area contributed by atoms with E-state index in [0.717, 1.165) is 19.4 Å². The zero-order valence-electron chi connectivity index (χ0n) is 10.9. The zero-order chi connectivity index (χ0) is 12.5. The molecule has 1 aromatic rings. The molecule has 0 N–H and O–H groups in total. The monoisotopic (exact) mass is 232 g/mol. The molecule has 0 amide bonds. The summed E-state index contributed by atoms with van der Waals surface area (Å²) in [7, 11) is 0. The Kier molecular flexibility index (Phi) is 3.18. The van der Waals surface area contributed by atoms with Crippen LogP contribution >= 0.6 is 0 Å². The molecule has 17 heavy (non-hydrogen) atoms. The van der Waals surface area contributed by atoms with Crippen molar-refractivity contribution in [1.82, 2.24) is 9.78 Å². The number of aromatic nitrogens is 2. The van der Waals surface area contributed by atoms with E-state index < -0.39 is 0 Å². The smallest absolute Gasteiger partial charge is 0.156 e. The molecule has 0 spiro atoms. The van der Waals surface area contributed by atoms with Crippen molar-refractivity contribution in [3.8, 4) is 0 Å². The summed E-state index contributed by atoms with van der Waals surface area (Å²) in [5.41, 5.74) is 2.55. The lowest BCUT2D eigenvalue weighted by atomic mass is 9.76. The maximum absolute atomic E-state index is 11.6. The Hall–Kier alpha value is -1.38. The number of carbonyl (C=O) groups is 1. The van der Waals surface area contributed by atoms with Crippen LogP contribution in [-0.4, -0.2) is 15.6 Å². The second kappa shape index (κ2) is 4.47. The predicted molar refractivity (Wildman–Crippen MR) is 67.7 cm³/mol. The molecule has 0 saturated carbocycles. The number of ketones is 1. The SMILES string of the molecule is CCn1cc(CC2=CC(=O)CC(C)(C)C2)cn1. The molecule has 0 atom stereocenters. The summed E-state index contributed by atoms with van der Waals surface area (Å²) in [6.45, 7) is 7.29. The maximum atomic E-state index is 11.6. The van der Waals surface area contributed by atoms with E-state index in [2.05, 4.69) is 32.1 Å². The Labute approximate surface area is 103 Å². The van der Waals surface area contributed by atoms with Crippen LogP contribution in [0.4, 0.5) is 0 Å². The summed E-state index contributed by atoms with van der Waals surface area (Å²) in [4.78, 5) is 11.6. The number of allylic oxidation sites excluding steroid dienone is 2. The van der Waals surface area contributed by atoms with Crippen LogP contribution in [0.25, 0.3) is 0 Å². The van der Waals surface area contributed by atoms with Gasteiger partial charge in [-0.15, -0.1) is 0 Å². The van der Waals surface area contributed by atoms with Crippen molar-refractivity contribution >= 4 is 5.78 Å². The summed E-state index contributed by atoms with van der Waals surface area (Å²) >= 11 is 0. The third kappa shape index (κ3) is 3.05. The molecule has 0 aromatic carbocycles. The van der Waals surface area contributed by atoms with Gasteiger partial charge in [-0.25, -0.2) is 0 Å². The van der Waals surface area contributed by atoms with Crippen molar-refractivity contribution in [3.63, 3.8) is 0 Å². The third-order valence-corrected chi connectivity index (χ3v) is 3.17. The molecular formula is C14H20N2O. The Balaban J connectivity index is 2.10. The lowest BCUT2D eigenvalue weighted by Gasteiger charge is -2.28. The molecule has 0 bridgehead atoms. The molecule has 1 heterocycles. The second-order valence-corrected chi connectivity index (χ2v) is 5.67. The van der Waals surface area contributed by atoms with Gasteiger partial charge in [0.15, 0.2) is 5.78 Å². The van der Waals surface area contributed by atoms with Gasteiger partial charge in [-0.1, -0.05) is 19.4 Å². The van der Waals surface area contributed by atoms with Crippen LogP contribution in [0.1, 0.15) is 39.2 Å². The minimum Gasteiger partial charge on any atom is -0.295 e. The van der Waals surface area contributed by atoms with Crippen LogP contribution in [0, 0.1) is 5.41 Å². The number of hydrogen-bond donors (Lipinski definition) is 0. The van der Waals surface area contributed by atoms with E-state index in [9.17, 15) is 4.79 Å². The standard InChI is InChI=1S/C14H20N2O/c1-4-16-10-12(9-15-16)5-11-6-13(17)8-14(2,3)7-11/h6,9-10H,4-5,7-8H2,1-3H3. The van der Waals surface area contributed by atoms with Crippen molar-refractivity contribution in [2.24, 2.45) is 5.41 Å². The van der Waals surface area contributed by atoms with E-state index in [1.54, 1.807) is 0 Å². The van der Waals surface area contributed by atoms with Gasteiger partial charge in [-0.2, -0.15) is 5.10 Å². The van der Waals surface area contributed by atoms with E-state index in [-0.39, 0.29) is 11.2 Å². The van der Waals surface area contributed by atoms with Gasteiger partial charge in [0.25, 0.3) is 0 Å². The highest BCUT2D eigenvalue weighted by Gasteiger charge is 2.27. The molecule has 3 nitrogen and oxygen atoms in total. The summed E-state index contributed by atoms with van der Waals surface area (Å²) in [6, 6.07) is 0. The largest absolute Gasteiger partial charge is 0.295 e. The highest BCUT2D eigenvalue weighted by Crippen LogP contribution is 2.34. The minimum atomic E-state index is 0.113. The molecule has 0 aliphatic heterocycles. The van der Waals surface area contributed by atoms with E-state index in [1.165, 1.54) is 11.1 Å². The fraction of sp³-hybridized carbons (Fsp3) is 0.571. The average molecular weight is 232 g/mol. The fourth-order valence-corrected chi connectivity index (χ4v) is 2.52. The first-order chi connectivity index (χ1) is 7.98. The van der Waals surface area contributed by atoms with E-state index in [4.69, 9.17) is 0 Å². The van der Waals surface area contributed by atoms with Crippen molar-refractivity contribution in [1.29, 1.82) is 0 Å². The first kappa shape index (κ1) is 12.1. The highest BCUT2D eigenvalue weighted by molar-refractivity contribution is 5.91. The lowest BCUT2D eigenvalue weighted by Crippen LogP contribution is -2.22. The van der Waals surface area contributed by atoms with E-state index in [0.29, 0.717) is 6.42 Å². The van der Waals surface area contributed by atoms with Gasteiger partial charge in [0.05, 0.1) is 6.20 Å². The molecule has 0 unspecified atom stereocenters. The van der Waals surface area contributed by atoms with Gasteiger partial charge in [0.2, 0.25) is 0 Å².